The predicted molar refractivity (Wildman–Crippen MR) is 127 cm³/mol. The lowest BCUT2D eigenvalue weighted by atomic mass is 9.96. The lowest BCUT2D eigenvalue weighted by molar-refractivity contribution is 0.0944. The molecule has 3 aromatic carbocycles. The maximum atomic E-state index is 13.1. The number of anilines is 3. The summed E-state index contributed by atoms with van der Waals surface area (Å²) >= 11 is 9.79. The molecule has 3 aromatic rings. The third-order valence-corrected chi connectivity index (χ3v) is 5.45. The quantitative estimate of drug-likeness (QED) is 0.277. The Balaban J connectivity index is 1.86. The lowest BCUT2D eigenvalue weighted by Gasteiger charge is -2.13. The van der Waals surface area contributed by atoms with Crippen LogP contribution < -0.4 is 16.4 Å². The number of rotatable bonds is 7. The van der Waals surface area contributed by atoms with Crippen molar-refractivity contribution in [2.45, 2.75) is 6.92 Å². The summed E-state index contributed by atoms with van der Waals surface area (Å²) in [4.78, 5) is 25.3. The highest BCUT2D eigenvalue weighted by molar-refractivity contribution is 9.10. The van der Waals surface area contributed by atoms with Gasteiger partial charge >= 0.3 is 0 Å². The fourth-order valence-electron chi connectivity index (χ4n) is 3.00. The molecule has 0 saturated carbocycles. The smallest absolute Gasteiger partial charge is 0.251 e. The molecule has 1 amide bonds. The number of ketones is 1. The summed E-state index contributed by atoms with van der Waals surface area (Å²) in [7, 11) is 0. The minimum atomic E-state index is -0.360. The molecule has 160 valence electrons. The summed E-state index contributed by atoms with van der Waals surface area (Å²) in [6.45, 7) is 1.77. The van der Waals surface area contributed by atoms with Crippen LogP contribution in [0.15, 0.2) is 59.1 Å². The van der Waals surface area contributed by atoms with E-state index in [1.165, 1.54) is 6.07 Å². The second kappa shape index (κ2) is 9.96. The standard InChI is InChI=1S/C23H21BrClN3O3/c1-13-2-3-14(23(31)27-8-9-29)10-18(13)22(30)17-6-5-16(12-19(17)25)28-21-7-4-15(24)11-20(21)26/h2-7,10-12,28-29H,8-9,26H2,1H3,(H,27,31). The highest BCUT2D eigenvalue weighted by Gasteiger charge is 2.18. The van der Waals surface area contributed by atoms with Crippen molar-refractivity contribution in [3.05, 3.63) is 86.3 Å². The largest absolute Gasteiger partial charge is 0.397 e. The molecule has 5 N–H and O–H groups in total. The van der Waals surface area contributed by atoms with Gasteiger partial charge in [-0.25, -0.2) is 0 Å². The van der Waals surface area contributed by atoms with E-state index in [0.29, 0.717) is 28.1 Å². The molecule has 31 heavy (non-hydrogen) atoms. The van der Waals surface area contributed by atoms with Crippen LogP contribution in [0.25, 0.3) is 0 Å². The van der Waals surface area contributed by atoms with Crippen LogP contribution in [0, 0.1) is 6.92 Å². The van der Waals surface area contributed by atoms with E-state index in [1.807, 2.05) is 12.1 Å². The van der Waals surface area contributed by atoms with Gasteiger partial charge in [0.1, 0.15) is 0 Å². The van der Waals surface area contributed by atoms with Crippen LogP contribution in [0.5, 0.6) is 0 Å². The van der Waals surface area contributed by atoms with E-state index in [9.17, 15) is 9.59 Å². The molecule has 3 rings (SSSR count). The molecular weight excluding hydrogens is 482 g/mol. The Morgan fingerprint density at radius 2 is 1.84 bits per heavy atom. The van der Waals surface area contributed by atoms with Gasteiger partial charge in [0, 0.05) is 33.4 Å². The van der Waals surface area contributed by atoms with Crippen LogP contribution in [0.1, 0.15) is 31.8 Å². The number of nitrogen functional groups attached to an aromatic ring is 1. The number of amides is 1. The molecule has 0 aliphatic carbocycles. The van der Waals surface area contributed by atoms with Crippen molar-refractivity contribution in [1.29, 1.82) is 0 Å². The average Bonchev–Trinajstić information content (AvgIpc) is 2.74. The highest BCUT2D eigenvalue weighted by atomic mass is 79.9. The Bertz CT molecular complexity index is 1150. The van der Waals surface area contributed by atoms with E-state index in [4.69, 9.17) is 22.4 Å². The number of carbonyl (C=O) groups is 2. The average molecular weight is 503 g/mol. The van der Waals surface area contributed by atoms with E-state index < -0.39 is 0 Å². The summed E-state index contributed by atoms with van der Waals surface area (Å²) in [5, 5.41) is 14.9. The van der Waals surface area contributed by atoms with E-state index >= 15 is 0 Å². The van der Waals surface area contributed by atoms with Gasteiger partial charge in [-0.3, -0.25) is 9.59 Å². The first kappa shape index (κ1) is 22.8. The Hall–Kier alpha value is -2.87. The molecule has 0 aromatic heterocycles. The van der Waals surface area contributed by atoms with Crippen LogP contribution in [-0.4, -0.2) is 29.9 Å². The topological polar surface area (TPSA) is 104 Å². The first-order valence-electron chi connectivity index (χ1n) is 9.46. The number of hydrogen-bond donors (Lipinski definition) is 4. The van der Waals surface area contributed by atoms with Crippen LogP contribution in [0.2, 0.25) is 5.02 Å². The van der Waals surface area contributed by atoms with Crippen molar-refractivity contribution in [3.8, 4) is 0 Å². The normalized spacial score (nSPS) is 10.6. The number of carbonyl (C=O) groups excluding carboxylic acids is 2. The van der Waals surface area contributed by atoms with Gasteiger partial charge in [-0.05, 0) is 61.0 Å². The fourth-order valence-corrected chi connectivity index (χ4v) is 3.65. The van der Waals surface area contributed by atoms with Crippen LogP contribution in [0.3, 0.4) is 0 Å². The van der Waals surface area contributed by atoms with Crippen LogP contribution in [-0.2, 0) is 0 Å². The first-order valence-corrected chi connectivity index (χ1v) is 10.6. The Morgan fingerprint density at radius 3 is 2.52 bits per heavy atom. The second-order valence-corrected chi connectivity index (χ2v) is 8.21. The zero-order valence-corrected chi connectivity index (χ0v) is 19.0. The number of aryl methyl sites for hydroxylation is 1. The molecule has 0 saturated heterocycles. The van der Waals surface area contributed by atoms with Crippen molar-refractivity contribution < 1.29 is 14.7 Å². The molecule has 0 unspecified atom stereocenters. The summed E-state index contributed by atoms with van der Waals surface area (Å²) in [5.74, 6) is -0.644. The predicted octanol–water partition coefficient (Wildman–Crippen LogP) is 4.69. The number of hydrogen-bond acceptors (Lipinski definition) is 5. The molecule has 0 heterocycles. The van der Waals surface area contributed by atoms with Crippen molar-refractivity contribution in [3.63, 3.8) is 0 Å². The monoisotopic (exact) mass is 501 g/mol. The molecule has 0 fully saturated rings. The van der Waals surface area contributed by atoms with Crippen molar-refractivity contribution >= 4 is 56.3 Å². The summed E-state index contributed by atoms with van der Waals surface area (Å²) < 4.78 is 0.872. The van der Waals surface area contributed by atoms with E-state index in [1.54, 1.807) is 43.3 Å². The van der Waals surface area contributed by atoms with E-state index in [2.05, 4.69) is 26.6 Å². The molecule has 0 radical (unpaired) electrons. The van der Waals surface area contributed by atoms with Crippen molar-refractivity contribution in [2.75, 3.05) is 24.2 Å². The Labute approximate surface area is 193 Å². The zero-order chi connectivity index (χ0) is 22.5. The van der Waals surface area contributed by atoms with Gasteiger partial charge in [-0.1, -0.05) is 33.6 Å². The van der Waals surface area contributed by atoms with Crippen molar-refractivity contribution in [2.24, 2.45) is 0 Å². The van der Waals surface area contributed by atoms with E-state index in [-0.39, 0.29) is 29.9 Å². The molecule has 8 heteroatoms. The van der Waals surface area contributed by atoms with Gasteiger partial charge in [-0.2, -0.15) is 0 Å². The van der Waals surface area contributed by atoms with E-state index in [0.717, 1.165) is 15.7 Å². The molecule has 0 atom stereocenters. The van der Waals surface area contributed by atoms with Gasteiger partial charge < -0.3 is 21.5 Å². The summed E-state index contributed by atoms with van der Waals surface area (Å²) in [5.41, 5.74) is 9.76. The zero-order valence-electron chi connectivity index (χ0n) is 16.7. The minimum Gasteiger partial charge on any atom is -0.397 e. The van der Waals surface area contributed by atoms with Gasteiger partial charge in [-0.15, -0.1) is 0 Å². The molecule has 0 spiro atoms. The van der Waals surface area contributed by atoms with Gasteiger partial charge in [0.25, 0.3) is 5.91 Å². The molecule has 0 bridgehead atoms. The third kappa shape index (κ3) is 5.44. The Kier molecular flexibility index (Phi) is 7.33. The second-order valence-electron chi connectivity index (χ2n) is 6.89. The van der Waals surface area contributed by atoms with Gasteiger partial charge in [0.05, 0.1) is 23.0 Å². The SMILES string of the molecule is Cc1ccc(C(=O)NCCO)cc1C(=O)c1ccc(Nc2ccc(Br)cc2N)cc1Cl. The summed E-state index contributed by atoms with van der Waals surface area (Å²) in [6.07, 6.45) is 0. The van der Waals surface area contributed by atoms with Crippen LogP contribution >= 0.6 is 27.5 Å². The molecule has 0 aliphatic heterocycles. The fraction of sp³-hybridized carbons (Fsp3) is 0.130. The van der Waals surface area contributed by atoms with Gasteiger partial charge in [0.15, 0.2) is 5.78 Å². The van der Waals surface area contributed by atoms with Crippen molar-refractivity contribution in [1.82, 2.24) is 5.32 Å². The number of benzene rings is 3. The van der Waals surface area contributed by atoms with Gasteiger partial charge in [0.2, 0.25) is 0 Å². The lowest BCUT2D eigenvalue weighted by Crippen LogP contribution is -2.26. The molecule has 0 aliphatic rings. The number of aliphatic hydroxyl groups excluding tert-OH is 1. The maximum Gasteiger partial charge on any atom is 0.251 e. The first-order chi connectivity index (χ1) is 14.8. The summed E-state index contributed by atoms with van der Waals surface area (Å²) in [6, 6.07) is 15.4. The number of aliphatic hydroxyl groups is 1. The Morgan fingerprint density at radius 1 is 1.06 bits per heavy atom. The van der Waals surface area contributed by atoms with Crippen LogP contribution in [0.4, 0.5) is 17.1 Å². The number of nitrogens with two attached hydrogens (primary N) is 1. The highest BCUT2D eigenvalue weighted by Crippen LogP contribution is 2.30. The molecular formula is C23H21BrClN3O3. The molecule has 6 nitrogen and oxygen atoms in total. The third-order valence-electron chi connectivity index (χ3n) is 4.65. The minimum absolute atomic E-state index is 0.138. The number of nitrogens with one attached hydrogen (secondary N) is 2. The number of halogens is 2. The maximum absolute atomic E-state index is 13.1.